The van der Waals surface area contributed by atoms with E-state index >= 15 is 0 Å². The Morgan fingerprint density at radius 2 is 2.14 bits per heavy atom. The van der Waals surface area contributed by atoms with E-state index in [9.17, 15) is 10.1 Å². The number of hydrogen-bond donors (Lipinski definition) is 0. The van der Waals surface area contributed by atoms with E-state index in [0.29, 0.717) is 49.0 Å². The van der Waals surface area contributed by atoms with E-state index in [1.54, 1.807) is 23.1 Å². The van der Waals surface area contributed by atoms with E-state index in [2.05, 4.69) is 21.1 Å². The third-order valence-electron chi connectivity index (χ3n) is 6.23. The highest BCUT2D eigenvalue weighted by atomic mass is 16.5. The molecular weight excluding hydrogens is 448 g/mol. The fraction of sp³-hybridized carbons (Fsp3) is 0.360. The minimum Gasteiger partial charge on any atom is -0.490 e. The van der Waals surface area contributed by atoms with Crippen molar-refractivity contribution in [3.05, 3.63) is 53.5 Å². The number of aryl methyl sites for hydroxylation is 2. The van der Waals surface area contributed by atoms with Gasteiger partial charge in [0.2, 0.25) is 5.88 Å². The topological polar surface area (TPSA) is 106 Å². The molecule has 0 spiro atoms. The van der Waals surface area contributed by atoms with Crippen LogP contribution >= 0.6 is 0 Å². The first-order valence-electron chi connectivity index (χ1n) is 11.4. The van der Waals surface area contributed by atoms with Crippen LogP contribution in [-0.2, 0) is 7.05 Å². The van der Waals surface area contributed by atoms with Crippen molar-refractivity contribution in [2.75, 3.05) is 38.3 Å². The molecule has 0 aliphatic carbocycles. The fourth-order valence-electron chi connectivity index (χ4n) is 4.55. The number of benzene rings is 1. The number of rotatable bonds is 5. The number of aromatic nitrogens is 3. The number of ether oxygens (including phenoxy) is 3. The molecule has 0 N–H and O–H groups in total. The molecule has 2 aromatic heterocycles. The summed E-state index contributed by atoms with van der Waals surface area (Å²) < 4.78 is 18.9. The van der Waals surface area contributed by atoms with Crippen molar-refractivity contribution in [1.29, 1.82) is 5.26 Å². The molecule has 10 heteroatoms. The maximum Gasteiger partial charge on any atom is 0.257 e. The minimum atomic E-state index is -0.111. The van der Waals surface area contributed by atoms with Gasteiger partial charge in [-0.15, -0.1) is 0 Å². The number of pyridine rings is 1. The van der Waals surface area contributed by atoms with Crippen LogP contribution in [-0.4, -0.2) is 65.0 Å². The summed E-state index contributed by atoms with van der Waals surface area (Å²) in [5.41, 5.74) is 3.32. The first kappa shape index (κ1) is 22.5. The second-order valence-corrected chi connectivity index (χ2v) is 8.57. The van der Waals surface area contributed by atoms with Gasteiger partial charge in [0, 0.05) is 32.3 Å². The lowest BCUT2D eigenvalue weighted by Crippen LogP contribution is -2.31. The monoisotopic (exact) mass is 474 g/mol. The summed E-state index contributed by atoms with van der Waals surface area (Å²) in [6.45, 7) is 4.10. The van der Waals surface area contributed by atoms with Gasteiger partial charge in [0.25, 0.3) is 5.91 Å². The number of fused-ring (bicyclic) bond motifs is 1. The van der Waals surface area contributed by atoms with Crippen molar-refractivity contribution in [1.82, 2.24) is 19.7 Å². The molecule has 0 radical (unpaired) electrons. The van der Waals surface area contributed by atoms with Crippen LogP contribution < -0.4 is 19.1 Å². The molecule has 0 saturated carbocycles. The number of carbonyl (C=O) groups excluding carboxylic acids is 1. The summed E-state index contributed by atoms with van der Waals surface area (Å²) in [4.78, 5) is 21.1. The Morgan fingerprint density at radius 1 is 1.29 bits per heavy atom. The molecule has 1 aromatic carbocycles. The summed E-state index contributed by atoms with van der Waals surface area (Å²) in [6, 6.07) is 9.59. The van der Waals surface area contributed by atoms with Crippen molar-refractivity contribution in [3.8, 4) is 23.4 Å². The van der Waals surface area contributed by atoms with Gasteiger partial charge in [-0.1, -0.05) is 0 Å². The van der Waals surface area contributed by atoms with Crippen LogP contribution in [0.3, 0.4) is 0 Å². The van der Waals surface area contributed by atoms with Gasteiger partial charge in [0.05, 0.1) is 49.0 Å². The molecule has 1 amide bonds. The Labute approximate surface area is 203 Å². The Bertz CT molecular complexity index is 1310. The molecule has 2 aliphatic heterocycles. The second-order valence-electron chi connectivity index (χ2n) is 8.57. The zero-order valence-electron chi connectivity index (χ0n) is 19.9. The number of likely N-dealkylation sites (tertiary alicyclic amines) is 1. The molecule has 10 nitrogen and oxygen atoms in total. The first-order valence-corrected chi connectivity index (χ1v) is 11.4. The Kier molecular flexibility index (Phi) is 5.91. The van der Waals surface area contributed by atoms with Crippen LogP contribution in [0.2, 0.25) is 0 Å². The highest BCUT2D eigenvalue weighted by molar-refractivity contribution is 5.95. The predicted octanol–water partition coefficient (Wildman–Crippen LogP) is 2.83. The number of nitriles is 1. The number of methoxy groups -OCH3 is 1. The smallest absolute Gasteiger partial charge is 0.257 e. The summed E-state index contributed by atoms with van der Waals surface area (Å²) in [5, 5.41) is 13.7. The molecule has 4 heterocycles. The molecule has 180 valence electrons. The highest BCUT2D eigenvalue weighted by Gasteiger charge is 2.30. The van der Waals surface area contributed by atoms with Crippen molar-refractivity contribution in [2.24, 2.45) is 7.05 Å². The predicted molar refractivity (Wildman–Crippen MR) is 127 cm³/mol. The van der Waals surface area contributed by atoms with E-state index < -0.39 is 0 Å². The molecule has 1 atom stereocenters. The van der Waals surface area contributed by atoms with Crippen molar-refractivity contribution >= 4 is 17.3 Å². The standard InChI is InChI=1S/C25H26N6O4/c1-16-21(15-29(2)28-16)25(32)30-7-6-20(14-30)35-19-4-5-23-22(11-19)31(8-9-34-23)18-10-17(12-26)24(33-3)27-13-18/h4-5,10-11,13,15,20H,6-9,14H2,1-3H3. The summed E-state index contributed by atoms with van der Waals surface area (Å²) in [6.07, 6.45) is 4.08. The van der Waals surface area contributed by atoms with Crippen LogP contribution in [0.4, 0.5) is 11.4 Å². The van der Waals surface area contributed by atoms with Crippen molar-refractivity contribution in [3.63, 3.8) is 0 Å². The third kappa shape index (κ3) is 4.33. The van der Waals surface area contributed by atoms with Gasteiger partial charge in [0.1, 0.15) is 35.8 Å². The number of carbonyl (C=O) groups is 1. The summed E-state index contributed by atoms with van der Waals surface area (Å²) in [5.74, 6) is 1.70. The van der Waals surface area contributed by atoms with Gasteiger partial charge in [-0.05, 0) is 25.1 Å². The molecule has 1 fully saturated rings. The number of amides is 1. The lowest BCUT2D eigenvalue weighted by molar-refractivity contribution is 0.0771. The van der Waals surface area contributed by atoms with E-state index in [1.165, 1.54) is 7.11 Å². The van der Waals surface area contributed by atoms with E-state index in [1.807, 2.05) is 37.1 Å². The van der Waals surface area contributed by atoms with E-state index in [4.69, 9.17) is 14.2 Å². The maximum absolute atomic E-state index is 12.9. The van der Waals surface area contributed by atoms with Crippen LogP contribution in [0.25, 0.3) is 0 Å². The molecule has 3 aromatic rings. The molecule has 35 heavy (non-hydrogen) atoms. The molecule has 0 bridgehead atoms. The lowest BCUT2D eigenvalue weighted by atomic mass is 10.2. The van der Waals surface area contributed by atoms with Gasteiger partial charge in [0.15, 0.2) is 0 Å². The zero-order valence-corrected chi connectivity index (χ0v) is 19.9. The SMILES string of the molecule is COc1ncc(N2CCOc3ccc(OC4CCN(C(=O)c5cn(C)nc5C)C4)cc32)cc1C#N. The second kappa shape index (κ2) is 9.18. The van der Waals surface area contributed by atoms with Crippen LogP contribution in [0.1, 0.15) is 28.0 Å². The average Bonchev–Trinajstić information content (AvgIpc) is 3.48. The van der Waals surface area contributed by atoms with Crippen molar-refractivity contribution in [2.45, 2.75) is 19.4 Å². The van der Waals surface area contributed by atoms with E-state index in [-0.39, 0.29) is 12.0 Å². The minimum absolute atomic E-state index is 0.0213. The van der Waals surface area contributed by atoms with Gasteiger partial charge in [-0.3, -0.25) is 9.48 Å². The Hall–Kier alpha value is -4.26. The third-order valence-corrected chi connectivity index (χ3v) is 6.23. The Morgan fingerprint density at radius 3 is 2.89 bits per heavy atom. The Balaban J connectivity index is 1.33. The maximum atomic E-state index is 12.9. The summed E-state index contributed by atoms with van der Waals surface area (Å²) in [7, 11) is 3.30. The molecular formula is C25H26N6O4. The van der Waals surface area contributed by atoms with Gasteiger partial charge < -0.3 is 24.0 Å². The highest BCUT2D eigenvalue weighted by Crippen LogP contribution is 2.40. The van der Waals surface area contributed by atoms with Crippen LogP contribution in [0, 0.1) is 18.3 Å². The zero-order chi connectivity index (χ0) is 24.5. The largest absolute Gasteiger partial charge is 0.490 e. The lowest BCUT2D eigenvalue weighted by Gasteiger charge is -2.31. The van der Waals surface area contributed by atoms with E-state index in [0.717, 1.165) is 29.2 Å². The molecule has 2 aliphatic rings. The number of nitrogens with zero attached hydrogens (tertiary/aromatic N) is 6. The molecule has 1 saturated heterocycles. The quantitative estimate of drug-likeness (QED) is 0.556. The molecule has 1 unspecified atom stereocenters. The number of anilines is 2. The fourth-order valence-corrected chi connectivity index (χ4v) is 4.55. The first-order chi connectivity index (χ1) is 17.0. The van der Waals surface area contributed by atoms with Crippen molar-refractivity contribution < 1.29 is 19.0 Å². The summed E-state index contributed by atoms with van der Waals surface area (Å²) >= 11 is 0. The number of hydrogen-bond acceptors (Lipinski definition) is 8. The van der Waals surface area contributed by atoms with Crippen LogP contribution in [0.15, 0.2) is 36.7 Å². The van der Waals surface area contributed by atoms with Gasteiger partial charge in [-0.25, -0.2) is 4.98 Å². The van der Waals surface area contributed by atoms with Crippen LogP contribution in [0.5, 0.6) is 17.4 Å². The normalized spacial score (nSPS) is 16.9. The average molecular weight is 475 g/mol. The molecule has 5 rings (SSSR count). The van der Waals surface area contributed by atoms with Gasteiger partial charge in [-0.2, -0.15) is 10.4 Å². The van der Waals surface area contributed by atoms with Gasteiger partial charge >= 0.3 is 0 Å².